The Bertz CT molecular complexity index is 371. The molecule has 1 aromatic carbocycles. The lowest BCUT2D eigenvalue weighted by molar-refractivity contribution is -0.137. The summed E-state index contributed by atoms with van der Waals surface area (Å²) in [6.07, 6.45) is -3.56. The fraction of sp³-hybridized carbons (Fsp3) is 0.455. The van der Waals surface area contributed by atoms with E-state index in [-0.39, 0.29) is 6.04 Å². The molecular formula is C11H12F3N. The first kappa shape index (κ1) is 10.5. The van der Waals surface area contributed by atoms with Gasteiger partial charge in [-0.15, -0.1) is 0 Å². The van der Waals surface area contributed by atoms with Crippen LogP contribution in [0.1, 0.15) is 29.7 Å². The topological polar surface area (TPSA) is 12.0 Å². The number of fused-ring (bicyclic) bond motifs is 1. The molecule has 4 heteroatoms. The van der Waals surface area contributed by atoms with Crippen molar-refractivity contribution in [3.63, 3.8) is 0 Å². The maximum atomic E-state index is 12.4. The lowest BCUT2D eigenvalue weighted by Gasteiger charge is -2.24. The van der Waals surface area contributed by atoms with Crippen LogP contribution in [0.5, 0.6) is 0 Å². The summed E-state index contributed by atoms with van der Waals surface area (Å²) in [7, 11) is 0. The number of hydrogen-bond acceptors (Lipinski definition) is 1. The van der Waals surface area contributed by atoms with Crippen LogP contribution in [0, 0.1) is 0 Å². The van der Waals surface area contributed by atoms with Gasteiger partial charge in [-0.25, -0.2) is 0 Å². The molecule has 0 fully saturated rings. The second-order valence-electron chi connectivity index (χ2n) is 3.84. The van der Waals surface area contributed by atoms with E-state index in [2.05, 4.69) is 5.32 Å². The molecule has 1 nitrogen and oxygen atoms in total. The van der Waals surface area contributed by atoms with Gasteiger partial charge in [0.1, 0.15) is 0 Å². The molecule has 0 aliphatic carbocycles. The normalized spacial score (nSPS) is 21.2. The summed E-state index contributed by atoms with van der Waals surface area (Å²) in [6.45, 7) is 2.71. The van der Waals surface area contributed by atoms with E-state index in [0.29, 0.717) is 6.42 Å². The Morgan fingerprint density at radius 3 is 2.73 bits per heavy atom. The lowest BCUT2D eigenvalue weighted by atomic mass is 9.93. The summed E-state index contributed by atoms with van der Waals surface area (Å²) in [5.41, 5.74) is 1.25. The Hall–Kier alpha value is -1.03. The predicted molar refractivity (Wildman–Crippen MR) is 51.6 cm³/mol. The molecule has 1 aromatic rings. The Kier molecular flexibility index (Phi) is 2.46. The van der Waals surface area contributed by atoms with E-state index in [1.807, 2.05) is 6.92 Å². The minimum absolute atomic E-state index is 0.149. The third-order valence-corrected chi connectivity index (χ3v) is 2.78. The quantitative estimate of drug-likeness (QED) is 0.701. The number of benzene rings is 1. The fourth-order valence-corrected chi connectivity index (χ4v) is 1.95. The van der Waals surface area contributed by atoms with Crippen molar-refractivity contribution in [1.82, 2.24) is 5.32 Å². The van der Waals surface area contributed by atoms with Gasteiger partial charge in [-0.1, -0.05) is 6.07 Å². The summed E-state index contributed by atoms with van der Waals surface area (Å²) >= 11 is 0. The van der Waals surface area contributed by atoms with Gasteiger partial charge in [-0.05, 0) is 43.1 Å². The summed E-state index contributed by atoms with van der Waals surface area (Å²) < 4.78 is 37.3. The van der Waals surface area contributed by atoms with Gasteiger partial charge < -0.3 is 5.32 Å². The van der Waals surface area contributed by atoms with Gasteiger partial charge in [-0.2, -0.15) is 13.2 Å². The molecule has 0 unspecified atom stereocenters. The van der Waals surface area contributed by atoms with E-state index in [4.69, 9.17) is 0 Å². The number of hydrogen-bond donors (Lipinski definition) is 1. The van der Waals surface area contributed by atoms with Crippen LogP contribution < -0.4 is 5.32 Å². The van der Waals surface area contributed by atoms with Crippen molar-refractivity contribution < 1.29 is 13.2 Å². The van der Waals surface area contributed by atoms with Crippen LogP contribution >= 0.6 is 0 Å². The summed E-state index contributed by atoms with van der Waals surface area (Å²) in [6, 6.07) is 4.15. The Balaban J connectivity index is 2.42. The minimum atomic E-state index is -4.23. The highest BCUT2D eigenvalue weighted by molar-refractivity contribution is 5.37. The van der Waals surface area contributed by atoms with E-state index >= 15 is 0 Å². The molecule has 1 atom stereocenters. The Morgan fingerprint density at radius 2 is 2.07 bits per heavy atom. The summed E-state index contributed by atoms with van der Waals surface area (Å²) in [4.78, 5) is 0. The minimum Gasteiger partial charge on any atom is -0.310 e. The zero-order valence-corrected chi connectivity index (χ0v) is 8.36. The number of rotatable bonds is 0. The Labute approximate surface area is 86.3 Å². The van der Waals surface area contributed by atoms with Gasteiger partial charge in [0.25, 0.3) is 0 Å². The predicted octanol–water partition coefficient (Wildman–Crippen LogP) is 2.91. The summed E-state index contributed by atoms with van der Waals surface area (Å²) in [5, 5.41) is 3.22. The van der Waals surface area contributed by atoms with Crippen molar-refractivity contribution in [3.8, 4) is 0 Å². The maximum Gasteiger partial charge on any atom is 0.416 e. The number of halogens is 3. The smallest absolute Gasteiger partial charge is 0.310 e. The SMILES string of the molecule is C[C@H]1NCCc2cc(C(F)(F)F)ccc21. The van der Waals surface area contributed by atoms with Crippen molar-refractivity contribution in [3.05, 3.63) is 34.9 Å². The van der Waals surface area contributed by atoms with Crippen molar-refractivity contribution in [1.29, 1.82) is 0 Å². The van der Waals surface area contributed by atoms with E-state index in [9.17, 15) is 13.2 Å². The second kappa shape index (κ2) is 3.52. The molecule has 1 heterocycles. The zero-order chi connectivity index (χ0) is 11.1. The van der Waals surface area contributed by atoms with Gasteiger partial charge in [-0.3, -0.25) is 0 Å². The largest absolute Gasteiger partial charge is 0.416 e. The third-order valence-electron chi connectivity index (χ3n) is 2.78. The zero-order valence-electron chi connectivity index (χ0n) is 8.36. The lowest BCUT2D eigenvalue weighted by Crippen LogP contribution is -2.28. The highest BCUT2D eigenvalue weighted by Crippen LogP contribution is 2.32. The molecule has 0 amide bonds. The van der Waals surface area contributed by atoms with Crippen molar-refractivity contribution in [2.24, 2.45) is 0 Å². The molecule has 0 bridgehead atoms. The molecule has 0 saturated heterocycles. The van der Waals surface area contributed by atoms with Crippen LogP contribution in [-0.2, 0) is 12.6 Å². The van der Waals surface area contributed by atoms with E-state index in [1.165, 1.54) is 6.07 Å². The van der Waals surface area contributed by atoms with Gasteiger partial charge in [0.15, 0.2) is 0 Å². The second-order valence-corrected chi connectivity index (χ2v) is 3.84. The first-order valence-corrected chi connectivity index (χ1v) is 4.92. The van der Waals surface area contributed by atoms with Gasteiger partial charge in [0.2, 0.25) is 0 Å². The standard InChI is InChI=1S/C11H12F3N/c1-7-10-3-2-9(11(12,13)14)6-8(10)4-5-15-7/h2-3,6-7,15H,4-5H2,1H3/t7-/m1/s1. The molecule has 1 N–H and O–H groups in total. The molecule has 0 saturated carbocycles. The van der Waals surface area contributed by atoms with Crippen molar-refractivity contribution in [2.75, 3.05) is 6.54 Å². The molecule has 15 heavy (non-hydrogen) atoms. The van der Waals surface area contributed by atoms with Crippen molar-refractivity contribution in [2.45, 2.75) is 25.6 Å². The highest BCUT2D eigenvalue weighted by Gasteiger charge is 2.31. The van der Waals surface area contributed by atoms with Gasteiger partial charge in [0, 0.05) is 6.04 Å². The van der Waals surface area contributed by atoms with Gasteiger partial charge in [0.05, 0.1) is 5.56 Å². The molecular weight excluding hydrogens is 203 g/mol. The van der Waals surface area contributed by atoms with Crippen LogP contribution in [0.4, 0.5) is 13.2 Å². The highest BCUT2D eigenvalue weighted by atomic mass is 19.4. The average molecular weight is 215 g/mol. The number of nitrogens with one attached hydrogen (secondary N) is 1. The molecule has 1 aliphatic rings. The molecule has 82 valence electrons. The monoisotopic (exact) mass is 215 g/mol. The first-order valence-electron chi connectivity index (χ1n) is 4.92. The van der Waals surface area contributed by atoms with Crippen LogP contribution in [0.15, 0.2) is 18.2 Å². The Morgan fingerprint density at radius 1 is 1.33 bits per heavy atom. The van der Waals surface area contributed by atoms with Crippen molar-refractivity contribution >= 4 is 0 Å². The van der Waals surface area contributed by atoms with E-state index in [1.54, 1.807) is 6.07 Å². The fourth-order valence-electron chi connectivity index (χ4n) is 1.95. The number of alkyl halides is 3. The molecule has 0 radical (unpaired) electrons. The van der Waals surface area contributed by atoms with Crippen LogP contribution in [0.25, 0.3) is 0 Å². The third kappa shape index (κ3) is 2.00. The maximum absolute atomic E-state index is 12.4. The molecule has 0 spiro atoms. The first-order chi connectivity index (χ1) is 6.98. The van der Waals surface area contributed by atoms with Gasteiger partial charge >= 0.3 is 6.18 Å². The van der Waals surface area contributed by atoms with Crippen LogP contribution in [0.3, 0.4) is 0 Å². The average Bonchev–Trinajstić information content (AvgIpc) is 2.16. The van der Waals surface area contributed by atoms with E-state index < -0.39 is 11.7 Å². The molecule has 0 aromatic heterocycles. The van der Waals surface area contributed by atoms with Crippen LogP contribution in [0.2, 0.25) is 0 Å². The molecule has 1 aliphatic heterocycles. The molecule has 2 rings (SSSR count). The van der Waals surface area contributed by atoms with E-state index in [0.717, 1.165) is 23.7 Å². The van der Waals surface area contributed by atoms with Crippen LogP contribution in [-0.4, -0.2) is 6.54 Å². The summed E-state index contributed by atoms with van der Waals surface area (Å²) in [5.74, 6) is 0.